The van der Waals surface area contributed by atoms with Crippen LogP contribution in [0.2, 0.25) is 0 Å². The Morgan fingerprint density at radius 1 is 1.22 bits per heavy atom. The van der Waals surface area contributed by atoms with E-state index in [1.54, 1.807) is 6.92 Å². The number of anilines is 1. The van der Waals surface area contributed by atoms with Gasteiger partial charge >= 0.3 is 5.97 Å². The lowest BCUT2D eigenvalue weighted by Crippen LogP contribution is -2.36. The predicted molar refractivity (Wildman–Crippen MR) is 102 cm³/mol. The first-order chi connectivity index (χ1) is 13.0. The first-order valence-electron chi connectivity index (χ1n) is 9.87. The van der Waals surface area contributed by atoms with Gasteiger partial charge in [-0.25, -0.2) is 0 Å². The second-order valence-electron chi connectivity index (χ2n) is 7.50. The number of nitrogens with zero attached hydrogens (tertiary/aromatic N) is 1. The van der Waals surface area contributed by atoms with E-state index in [0.29, 0.717) is 12.2 Å². The summed E-state index contributed by atoms with van der Waals surface area (Å²) in [5, 5.41) is 2.76. The molecule has 1 aliphatic carbocycles. The zero-order chi connectivity index (χ0) is 19.4. The number of aryl methyl sites for hydroxylation is 1. The SMILES string of the molecule is CCc1ccc(NC(=O)[C@H](C)OC(=O)[C@@H]2CC(=O)N(C3CCCC3)C2)cc1. The molecule has 2 amide bonds. The summed E-state index contributed by atoms with van der Waals surface area (Å²) in [7, 11) is 0. The molecule has 0 aromatic heterocycles. The Hall–Kier alpha value is -2.37. The minimum atomic E-state index is -0.904. The van der Waals surface area contributed by atoms with Crippen LogP contribution in [0.1, 0.15) is 51.5 Å². The first-order valence-corrected chi connectivity index (χ1v) is 9.87. The molecule has 0 unspecified atom stereocenters. The smallest absolute Gasteiger partial charge is 0.312 e. The molecule has 1 aromatic carbocycles. The maximum atomic E-state index is 12.4. The van der Waals surface area contributed by atoms with Crippen molar-refractivity contribution in [3.8, 4) is 0 Å². The fourth-order valence-corrected chi connectivity index (χ4v) is 3.85. The summed E-state index contributed by atoms with van der Waals surface area (Å²) in [5.41, 5.74) is 1.86. The van der Waals surface area contributed by atoms with Crippen molar-refractivity contribution in [1.82, 2.24) is 4.90 Å². The average molecular weight is 372 g/mol. The Bertz CT molecular complexity index is 695. The predicted octanol–water partition coefficient (Wildman–Crippen LogP) is 2.91. The van der Waals surface area contributed by atoms with Gasteiger partial charge in [0.2, 0.25) is 5.91 Å². The van der Waals surface area contributed by atoms with Gasteiger partial charge in [0.15, 0.2) is 6.10 Å². The number of hydrogen-bond acceptors (Lipinski definition) is 4. The third kappa shape index (κ3) is 4.67. The molecule has 2 atom stereocenters. The Morgan fingerprint density at radius 3 is 2.52 bits per heavy atom. The van der Waals surface area contributed by atoms with E-state index >= 15 is 0 Å². The highest BCUT2D eigenvalue weighted by atomic mass is 16.5. The molecule has 27 heavy (non-hydrogen) atoms. The third-order valence-electron chi connectivity index (χ3n) is 5.55. The van der Waals surface area contributed by atoms with E-state index < -0.39 is 18.0 Å². The second-order valence-corrected chi connectivity index (χ2v) is 7.50. The number of ether oxygens (including phenoxy) is 1. The van der Waals surface area contributed by atoms with Gasteiger partial charge in [-0.1, -0.05) is 31.9 Å². The Balaban J connectivity index is 1.50. The molecule has 6 nitrogen and oxygen atoms in total. The quantitative estimate of drug-likeness (QED) is 0.779. The monoisotopic (exact) mass is 372 g/mol. The molecule has 1 aliphatic heterocycles. The van der Waals surface area contributed by atoms with Crippen LogP contribution in [-0.4, -0.2) is 41.4 Å². The number of rotatable bonds is 6. The molecule has 0 spiro atoms. The van der Waals surface area contributed by atoms with Gasteiger partial charge in [0.25, 0.3) is 5.91 Å². The van der Waals surface area contributed by atoms with Crippen LogP contribution in [0.4, 0.5) is 5.69 Å². The molecule has 1 aromatic rings. The topological polar surface area (TPSA) is 75.7 Å². The van der Waals surface area contributed by atoms with Crippen LogP contribution in [0.3, 0.4) is 0 Å². The number of benzene rings is 1. The summed E-state index contributed by atoms with van der Waals surface area (Å²) in [6, 6.07) is 7.84. The van der Waals surface area contributed by atoms with Gasteiger partial charge in [0, 0.05) is 24.7 Å². The van der Waals surface area contributed by atoms with E-state index in [1.165, 1.54) is 5.56 Å². The van der Waals surface area contributed by atoms with Crippen LogP contribution in [0.25, 0.3) is 0 Å². The molecule has 1 N–H and O–H groups in total. The number of nitrogens with one attached hydrogen (secondary N) is 1. The molecule has 1 heterocycles. The summed E-state index contributed by atoms with van der Waals surface area (Å²) in [4.78, 5) is 38.8. The zero-order valence-corrected chi connectivity index (χ0v) is 16.1. The highest BCUT2D eigenvalue weighted by molar-refractivity contribution is 5.95. The molecule has 0 bridgehead atoms. The normalized spacial score (nSPS) is 21.3. The number of carbonyl (C=O) groups is 3. The average Bonchev–Trinajstić information content (AvgIpc) is 3.31. The number of esters is 1. The van der Waals surface area contributed by atoms with Crippen molar-refractivity contribution in [1.29, 1.82) is 0 Å². The number of likely N-dealkylation sites (tertiary alicyclic amines) is 1. The molecule has 0 radical (unpaired) electrons. The molecule has 2 aliphatic rings. The molecule has 6 heteroatoms. The summed E-state index contributed by atoms with van der Waals surface area (Å²) < 4.78 is 5.34. The fraction of sp³-hybridized carbons (Fsp3) is 0.571. The van der Waals surface area contributed by atoms with Gasteiger partial charge in [-0.2, -0.15) is 0 Å². The lowest BCUT2D eigenvalue weighted by atomic mass is 10.1. The van der Waals surface area contributed by atoms with E-state index in [4.69, 9.17) is 4.74 Å². The summed E-state index contributed by atoms with van der Waals surface area (Å²) in [5.74, 6) is -1.29. The molecule has 146 valence electrons. The van der Waals surface area contributed by atoms with E-state index in [1.807, 2.05) is 29.2 Å². The van der Waals surface area contributed by atoms with Crippen molar-refractivity contribution in [2.75, 3.05) is 11.9 Å². The maximum absolute atomic E-state index is 12.4. The van der Waals surface area contributed by atoms with Crippen LogP contribution in [0, 0.1) is 5.92 Å². The molecule has 1 saturated carbocycles. The lowest BCUT2D eigenvalue weighted by Gasteiger charge is -2.24. The van der Waals surface area contributed by atoms with Crippen LogP contribution >= 0.6 is 0 Å². The van der Waals surface area contributed by atoms with Crippen molar-refractivity contribution >= 4 is 23.5 Å². The van der Waals surface area contributed by atoms with Gasteiger partial charge in [-0.05, 0) is 43.9 Å². The molecular weight excluding hydrogens is 344 g/mol. The second kappa shape index (κ2) is 8.55. The minimum absolute atomic E-state index is 0.0250. The summed E-state index contributed by atoms with van der Waals surface area (Å²) in [6.07, 6.45) is 4.52. The van der Waals surface area contributed by atoms with Crippen LogP contribution < -0.4 is 5.32 Å². The Morgan fingerprint density at radius 2 is 1.89 bits per heavy atom. The fourth-order valence-electron chi connectivity index (χ4n) is 3.85. The third-order valence-corrected chi connectivity index (χ3v) is 5.55. The van der Waals surface area contributed by atoms with Crippen molar-refractivity contribution in [2.24, 2.45) is 5.92 Å². The number of carbonyl (C=O) groups excluding carboxylic acids is 3. The van der Waals surface area contributed by atoms with Gasteiger partial charge in [-0.15, -0.1) is 0 Å². The van der Waals surface area contributed by atoms with Crippen molar-refractivity contribution in [3.63, 3.8) is 0 Å². The maximum Gasteiger partial charge on any atom is 0.312 e. The van der Waals surface area contributed by atoms with E-state index in [2.05, 4.69) is 12.2 Å². The van der Waals surface area contributed by atoms with Crippen LogP contribution in [-0.2, 0) is 25.5 Å². The minimum Gasteiger partial charge on any atom is -0.452 e. The zero-order valence-electron chi connectivity index (χ0n) is 16.1. The van der Waals surface area contributed by atoms with Gasteiger partial charge in [0.05, 0.1) is 5.92 Å². The van der Waals surface area contributed by atoms with E-state index in [9.17, 15) is 14.4 Å². The van der Waals surface area contributed by atoms with Gasteiger partial charge in [0.1, 0.15) is 0 Å². The van der Waals surface area contributed by atoms with Crippen LogP contribution in [0.5, 0.6) is 0 Å². The van der Waals surface area contributed by atoms with Crippen molar-refractivity contribution in [2.45, 2.75) is 64.5 Å². The Labute approximate surface area is 160 Å². The molecular formula is C21H28N2O4. The molecule has 3 rings (SSSR count). The van der Waals surface area contributed by atoms with Gasteiger partial charge in [-0.3, -0.25) is 14.4 Å². The Kier molecular flexibility index (Phi) is 6.14. The standard InChI is InChI=1S/C21H28N2O4/c1-3-15-8-10-17(11-9-15)22-20(25)14(2)27-21(26)16-12-19(24)23(13-16)18-6-4-5-7-18/h8-11,14,16,18H,3-7,12-13H2,1-2H3,(H,22,25)/t14-,16+/m0/s1. The van der Waals surface area contributed by atoms with E-state index in [-0.39, 0.29) is 24.3 Å². The van der Waals surface area contributed by atoms with Crippen LogP contribution in [0.15, 0.2) is 24.3 Å². The first kappa shape index (κ1) is 19.4. The summed E-state index contributed by atoms with van der Waals surface area (Å²) >= 11 is 0. The van der Waals surface area contributed by atoms with Gasteiger partial charge < -0.3 is 15.0 Å². The van der Waals surface area contributed by atoms with E-state index in [0.717, 1.165) is 32.1 Å². The summed E-state index contributed by atoms with van der Waals surface area (Å²) in [6.45, 7) is 4.03. The molecule has 2 fully saturated rings. The largest absolute Gasteiger partial charge is 0.452 e. The van der Waals surface area contributed by atoms with Crippen molar-refractivity contribution in [3.05, 3.63) is 29.8 Å². The number of hydrogen-bond donors (Lipinski definition) is 1. The highest BCUT2D eigenvalue weighted by Gasteiger charge is 2.40. The number of amides is 2. The van der Waals surface area contributed by atoms with Crippen molar-refractivity contribution < 1.29 is 19.1 Å². The lowest BCUT2D eigenvalue weighted by molar-refractivity contribution is -0.157. The highest BCUT2D eigenvalue weighted by Crippen LogP contribution is 2.30. The molecule has 1 saturated heterocycles.